The summed E-state index contributed by atoms with van der Waals surface area (Å²) in [7, 11) is 0. The molecule has 28 heavy (non-hydrogen) atoms. The van der Waals surface area contributed by atoms with Gasteiger partial charge >= 0.3 is 5.97 Å². The minimum Gasteiger partial charge on any atom is -0.460 e. The lowest BCUT2D eigenvalue weighted by molar-refractivity contribution is 0.0462. The molecule has 0 bridgehead atoms. The molecule has 0 amide bonds. The fourth-order valence-corrected chi connectivity index (χ4v) is 2.63. The van der Waals surface area contributed by atoms with E-state index in [1.807, 2.05) is 6.07 Å². The summed E-state index contributed by atoms with van der Waals surface area (Å²) in [6.07, 6.45) is 4.24. The summed E-state index contributed by atoms with van der Waals surface area (Å²) in [6.45, 7) is 0.125. The lowest BCUT2D eigenvalue weighted by atomic mass is 10.2. The van der Waals surface area contributed by atoms with Crippen molar-refractivity contribution in [3.8, 4) is 11.4 Å². The molecule has 0 atom stereocenters. The van der Waals surface area contributed by atoms with E-state index in [0.29, 0.717) is 35.5 Å². The second-order valence-electron chi connectivity index (χ2n) is 5.96. The van der Waals surface area contributed by atoms with Gasteiger partial charge in [0, 0.05) is 30.4 Å². The van der Waals surface area contributed by atoms with E-state index in [1.54, 1.807) is 42.7 Å². The highest BCUT2D eigenvalue weighted by Crippen LogP contribution is 2.15. The Morgan fingerprint density at radius 1 is 1.14 bits per heavy atom. The Balaban J connectivity index is 1.33. The summed E-state index contributed by atoms with van der Waals surface area (Å²) >= 11 is 0. The summed E-state index contributed by atoms with van der Waals surface area (Å²) in [5, 5.41) is 4.32. The smallest absolute Gasteiger partial charge is 0.374 e. The van der Waals surface area contributed by atoms with E-state index in [0.717, 1.165) is 11.6 Å². The third kappa shape index (κ3) is 3.80. The van der Waals surface area contributed by atoms with Crippen molar-refractivity contribution in [3.05, 3.63) is 76.7 Å². The van der Waals surface area contributed by atoms with E-state index >= 15 is 0 Å². The fourth-order valence-electron chi connectivity index (χ4n) is 2.63. The number of hydrogen-bond acceptors (Lipinski definition) is 8. The van der Waals surface area contributed by atoms with Crippen LogP contribution in [0.2, 0.25) is 0 Å². The molecular weight excluding hydrogens is 362 g/mol. The number of nitrogens with zero attached hydrogens (tertiary/aromatic N) is 3. The van der Waals surface area contributed by atoms with E-state index in [2.05, 4.69) is 15.1 Å². The fraction of sp³-hybridized carbons (Fsp3) is 0.150. The second-order valence-corrected chi connectivity index (χ2v) is 5.96. The van der Waals surface area contributed by atoms with Gasteiger partial charge in [0.15, 0.2) is 5.43 Å². The van der Waals surface area contributed by atoms with Gasteiger partial charge in [0.1, 0.15) is 5.58 Å². The number of aryl methyl sites for hydroxylation is 1. The summed E-state index contributed by atoms with van der Waals surface area (Å²) < 4.78 is 15.8. The van der Waals surface area contributed by atoms with Crippen molar-refractivity contribution in [3.63, 3.8) is 0 Å². The van der Waals surface area contributed by atoms with Gasteiger partial charge in [-0.3, -0.25) is 9.78 Å². The Kier molecular flexibility index (Phi) is 4.92. The Bertz CT molecular complexity index is 1170. The van der Waals surface area contributed by atoms with Crippen molar-refractivity contribution in [2.75, 3.05) is 6.61 Å². The molecule has 0 unspecified atom stereocenters. The van der Waals surface area contributed by atoms with Crippen molar-refractivity contribution in [2.45, 2.75) is 12.8 Å². The number of fused-ring (bicyclic) bond motifs is 1. The van der Waals surface area contributed by atoms with Crippen LogP contribution < -0.4 is 5.43 Å². The first-order chi connectivity index (χ1) is 13.7. The predicted molar refractivity (Wildman–Crippen MR) is 98.6 cm³/mol. The quantitative estimate of drug-likeness (QED) is 0.373. The molecule has 0 saturated carbocycles. The van der Waals surface area contributed by atoms with Crippen LogP contribution in [0.4, 0.5) is 0 Å². The maximum Gasteiger partial charge on any atom is 0.374 e. The van der Waals surface area contributed by atoms with E-state index in [4.69, 9.17) is 13.7 Å². The van der Waals surface area contributed by atoms with Crippen molar-refractivity contribution >= 4 is 16.9 Å². The standard InChI is InChI=1S/C20H15N3O5/c24-15-11-17(27-16-7-2-1-6-14(15)16)20(25)26-10-4-8-18-22-19(23-28-18)13-5-3-9-21-12-13/h1-3,5-7,9,11-12H,4,8,10H2. The topological polar surface area (TPSA) is 108 Å². The molecule has 8 heteroatoms. The number of aromatic nitrogens is 3. The number of carbonyl (C=O) groups is 1. The molecular formula is C20H15N3O5. The van der Waals surface area contributed by atoms with Gasteiger partial charge in [0.25, 0.3) is 0 Å². The largest absolute Gasteiger partial charge is 0.460 e. The molecule has 0 N–H and O–H groups in total. The average molecular weight is 377 g/mol. The lowest BCUT2D eigenvalue weighted by Crippen LogP contribution is -2.11. The van der Waals surface area contributed by atoms with Crippen LogP contribution >= 0.6 is 0 Å². The first kappa shape index (κ1) is 17.6. The predicted octanol–water partition coefficient (Wildman–Crippen LogP) is 3.03. The van der Waals surface area contributed by atoms with Crippen LogP contribution in [0, 0.1) is 0 Å². The van der Waals surface area contributed by atoms with E-state index < -0.39 is 5.97 Å². The van der Waals surface area contributed by atoms with Crippen LogP contribution in [0.1, 0.15) is 22.9 Å². The van der Waals surface area contributed by atoms with Gasteiger partial charge in [-0.1, -0.05) is 17.3 Å². The summed E-state index contributed by atoms with van der Waals surface area (Å²) in [5.74, 6) is 0.0787. The van der Waals surface area contributed by atoms with Crippen molar-refractivity contribution in [1.82, 2.24) is 15.1 Å². The van der Waals surface area contributed by atoms with Gasteiger partial charge < -0.3 is 13.7 Å². The summed E-state index contributed by atoms with van der Waals surface area (Å²) in [6, 6.07) is 11.5. The highest BCUT2D eigenvalue weighted by molar-refractivity contribution is 5.88. The first-order valence-corrected chi connectivity index (χ1v) is 8.64. The van der Waals surface area contributed by atoms with Gasteiger partial charge in [-0.25, -0.2) is 4.79 Å². The lowest BCUT2D eigenvalue weighted by Gasteiger charge is -2.04. The zero-order valence-electron chi connectivity index (χ0n) is 14.7. The van der Waals surface area contributed by atoms with Gasteiger partial charge in [-0.05, 0) is 30.7 Å². The molecule has 0 aliphatic heterocycles. The molecule has 4 rings (SSSR count). The minimum absolute atomic E-state index is 0.125. The molecule has 0 aliphatic rings. The zero-order valence-corrected chi connectivity index (χ0v) is 14.7. The van der Waals surface area contributed by atoms with E-state index in [-0.39, 0.29) is 17.8 Å². The molecule has 0 aliphatic carbocycles. The van der Waals surface area contributed by atoms with Gasteiger partial charge in [-0.15, -0.1) is 0 Å². The molecule has 0 spiro atoms. The SMILES string of the molecule is O=C(OCCCc1nc(-c2cccnc2)no1)c1cc(=O)c2ccccc2o1. The van der Waals surface area contributed by atoms with Crippen LogP contribution in [-0.2, 0) is 11.2 Å². The van der Waals surface area contributed by atoms with Gasteiger partial charge in [-0.2, -0.15) is 4.98 Å². The highest BCUT2D eigenvalue weighted by Gasteiger charge is 2.14. The average Bonchev–Trinajstić information content (AvgIpc) is 3.21. The van der Waals surface area contributed by atoms with Gasteiger partial charge in [0.2, 0.25) is 17.5 Å². The van der Waals surface area contributed by atoms with E-state index in [1.165, 1.54) is 0 Å². The number of ether oxygens (including phenoxy) is 1. The van der Waals surface area contributed by atoms with Crippen LogP contribution in [0.15, 0.2) is 68.6 Å². The minimum atomic E-state index is -0.690. The van der Waals surface area contributed by atoms with Crippen molar-refractivity contribution in [1.29, 1.82) is 0 Å². The zero-order chi connectivity index (χ0) is 19.3. The Morgan fingerprint density at radius 2 is 2.04 bits per heavy atom. The Morgan fingerprint density at radius 3 is 2.89 bits per heavy atom. The van der Waals surface area contributed by atoms with Crippen LogP contribution in [0.5, 0.6) is 0 Å². The number of esters is 1. The maximum atomic E-state index is 12.1. The molecule has 1 aromatic carbocycles. The molecule has 3 aromatic heterocycles. The number of rotatable bonds is 6. The van der Waals surface area contributed by atoms with Crippen LogP contribution in [0.3, 0.4) is 0 Å². The Labute approximate surface area is 158 Å². The molecule has 3 heterocycles. The molecule has 8 nitrogen and oxygen atoms in total. The van der Waals surface area contributed by atoms with Crippen LogP contribution in [0.25, 0.3) is 22.4 Å². The number of para-hydroxylation sites is 1. The summed E-state index contributed by atoms with van der Waals surface area (Å²) in [5.41, 5.74) is 0.814. The molecule has 0 fully saturated rings. The third-order valence-electron chi connectivity index (χ3n) is 3.99. The highest BCUT2D eigenvalue weighted by atomic mass is 16.5. The van der Waals surface area contributed by atoms with E-state index in [9.17, 15) is 9.59 Å². The second kappa shape index (κ2) is 7.83. The number of benzene rings is 1. The van der Waals surface area contributed by atoms with Crippen LogP contribution in [-0.4, -0.2) is 27.7 Å². The van der Waals surface area contributed by atoms with Gasteiger partial charge in [0.05, 0.1) is 12.0 Å². The van der Waals surface area contributed by atoms with Crippen molar-refractivity contribution in [2.24, 2.45) is 0 Å². The number of pyridine rings is 1. The maximum absolute atomic E-state index is 12.1. The first-order valence-electron chi connectivity index (χ1n) is 8.64. The molecule has 0 radical (unpaired) electrons. The normalized spacial score (nSPS) is 10.9. The number of hydrogen-bond donors (Lipinski definition) is 0. The number of carbonyl (C=O) groups excluding carboxylic acids is 1. The van der Waals surface area contributed by atoms with Crippen molar-refractivity contribution < 1.29 is 18.5 Å². The summed E-state index contributed by atoms with van der Waals surface area (Å²) in [4.78, 5) is 32.5. The Hall–Kier alpha value is -3.81. The molecule has 4 aromatic rings. The molecule has 140 valence electrons. The monoisotopic (exact) mass is 377 g/mol. The molecule has 0 saturated heterocycles. The third-order valence-corrected chi connectivity index (χ3v) is 3.99.